The Hall–Kier alpha value is -1.84. The molecule has 2 unspecified atom stereocenters. The molecule has 2 aliphatic rings. The number of hydrogen-bond acceptors (Lipinski definition) is 5. The van der Waals surface area contributed by atoms with Crippen molar-refractivity contribution in [3.63, 3.8) is 0 Å². The van der Waals surface area contributed by atoms with Gasteiger partial charge in [0.15, 0.2) is 0 Å². The fraction of sp³-hybridized carbons (Fsp3) is 0.533. The summed E-state index contributed by atoms with van der Waals surface area (Å²) in [4.78, 5) is 14.3. The third kappa shape index (κ3) is 4.16. The molecule has 6 nitrogen and oxygen atoms in total. The summed E-state index contributed by atoms with van der Waals surface area (Å²) in [5.74, 6) is -0.438. The van der Waals surface area contributed by atoms with E-state index in [2.05, 4.69) is 20.9 Å². The van der Waals surface area contributed by atoms with Crippen molar-refractivity contribution >= 4 is 5.91 Å². The molecule has 1 aromatic carbocycles. The van der Waals surface area contributed by atoms with Gasteiger partial charge < -0.3 is 10.1 Å². The van der Waals surface area contributed by atoms with Crippen molar-refractivity contribution in [3.8, 4) is 5.75 Å². The zero-order valence-electron chi connectivity index (χ0n) is 12.9. The van der Waals surface area contributed by atoms with Crippen molar-refractivity contribution in [1.82, 2.24) is 21.1 Å². The van der Waals surface area contributed by atoms with Crippen LogP contribution in [-0.2, 0) is 4.79 Å². The molecule has 0 bridgehead atoms. The maximum Gasteiger partial charge on any atom is 0.573 e. The molecule has 1 aromatic rings. The van der Waals surface area contributed by atoms with E-state index in [1.807, 2.05) is 4.90 Å². The minimum Gasteiger partial charge on any atom is -0.406 e. The van der Waals surface area contributed by atoms with Crippen LogP contribution in [0.5, 0.6) is 5.75 Å². The summed E-state index contributed by atoms with van der Waals surface area (Å²) in [6.07, 6.45) is -3.76. The second kappa shape index (κ2) is 6.96. The Morgan fingerprint density at radius 2 is 1.96 bits per heavy atom. The van der Waals surface area contributed by atoms with Crippen LogP contribution >= 0.6 is 0 Å². The van der Waals surface area contributed by atoms with E-state index in [0.29, 0.717) is 25.2 Å². The molecule has 0 aliphatic carbocycles. The summed E-state index contributed by atoms with van der Waals surface area (Å²) in [5, 5.41) is 2.81. The van der Waals surface area contributed by atoms with Gasteiger partial charge >= 0.3 is 6.36 Å². The van der Waals surface area contributed by atoms with Crippen LogP contribution in [0.15, 0.2) is 24.3 Å². The fourth-order valence-electron chi connectivity index (χ4n) is 3.08. The Bertz CT molecular complexity index is 573. The van der Waals surface area contributed by atoms with Crippen molar-refractivity contribution in [1.29, 1.82) is 0 Å². The van der Waals surface area contributed by atoms with Gasteiger partial charge in [0.05, 0.1) is 0 Å². The van der Waals surface area contributed by atoms with E-state index in [4.69, 9.17) is 0 Å². The Morgan fingerprint density at radius 3 is 2.58 bits per heavy atom. The third-order valence-electron chi connectivity index (χ3n) is 4.12. The second-order valence-corrected chi connectivity index (χ2v) is 5.86. The van der Waals surface area contributed by atoms with Gasteiger partial charge in [0.2, 0.25) is 5.91 Å². The minimum absolute atomic E-state index is 0.142. The number of halogens is 3. The molecule has 0 saturated carbocycles. The molecule has 2 aliphatic heterocycles. The van der Waals surface area contributed by atoms with Crippen LogP contribution in [0, 0.1) is 0 Å². The van der Waals surface area contributed by atoms with Crippen LogP contribution in [0.3, 0.4) is 0 Å². The Balaban J connectivity index is 1.74. The molecular weight excluding hydrogens is 325 g/mol. The maximum absolute atomic E-state index is 12.3. The zero-order valence-corrected chi connectivity index (χ0v) is 12.9. The van der Waals surface area contributed by atoms with E-state index < -0.39 is 12.4 Å². The molecule has 1 amide bonds. The Labute approximate surface area is 137 Å². The van der Waals surface area contributed by atoms with Gasteiger partial charge in [-0.3, -0.25) is 20.5 Å². The van der Waals surface area contributed by atoms with E-state index in [9.17, 15) is 18.0 Å². The normalized spacial score (nSPS) is 25.5. The molecule has 2 fully saturated rings. The molecule has 2 atom stereocenters. The predicted molar refractivity (Wildman–Crippen MR) is 80.0 cm³/mol. The zero-order chi connectivity index (χ0) is 17.2. The van der Waals surface area contributed by atoms with Gasteiger partial charge in [-0.15, -0.1) is 13.2 Å². The van der Waals surface area contributed by atoms with Gasteiger partial charge in [0.1, 0.15) is 11.8 Å². The average molecular weight is 344 g/mol. The number of hydrogen-bond donors (Lipinski definition) is 3. The van der Waals surface area contributed by atoms with Crippen LogP contribution in [0.4, 0.5) is 13.2 Å². The van der Waals surface area contributed by atoms with Gasteiger partial charge in [0, 0.05) is 32.2 Å². The highest BCUT2D eigenvalue weighted by Crippen LogP contribution is 2.28. The van der Waals surface area contributed by atoms with Crippen LogP contribution < -0.4 is 20.9 Å². The minimum atomic E-state index is -4.73. The predicted octanol–water partition coefficient (Wildman–Crippen LogP) is 0.925. The standard InChI is InChI=1S/C15H19F3N4O2/c16-15(17,18)24-12-3-1-10(2-4-12)13-14(23)19-7-8-22(13)9-11-5-6-20-21-11/h1-4,11,13,20-21H,5-9H2,(H,19,23). The van der Waals surface area contributed by atoms with E-state index in [1.54, 1.807) is 0 Å². The van der Waals surface area contributed by atoms with Crippen LogP contribution in [0.2, 0.25) is 0 Å². The molecule has 0 aromatic heterocycles. The lowest BCUT2D eigenvalue weighted by Gasteiger charge is -2.36. The number of carbonyl (C=O) groups is 1. The first-order chi connectivity index (χ1) is 11.4. The van der Waals surface area contributed by atoms with Crippen molar-refractivity contribution < 1.29 is 22.7 Å². The van der Waals surface area contributed by atoms with Crippen LogP contribution in [0.25, 0.3) is 0 Å². The second-order valence-electron chi connectivity index (χ2n) is 5.86. The number of benzene rings is 1. The van der Waals surface area contributed by atoms with Gasteiger partial charge in [-0.25, -0.2) is 0 Å². The Morgan fingerprint density at radius 1 is 1.21 bits per heavy atom. The third-order valence-corrected chi connectivity index (χ3v) is 4.12. The van der Waals surface area contributed by atoms with E-state index >= 15 is 0 Å². The first-order valence-electron chi connectivity index (χ1n) is 7.78. The highest BCUT2D eigenvalue weighted by atomic mass is 19.4. The quantitative estimate of drug-likeness (QED) is 0.758. The van der Waals surface area contributed by atoms with E-state index in [1.165, 1.54) is 24.3 Å². The number of ether oxygens (including phenoxy) is 1. The van der Waals surface area contributed by atoms with Gasteiger partial charge in [-0.1, -0.05) is 12.1 Å². The summed E-state index contributed by atoms with van der Waals surface area (Å²) < 4.78 is 40.6. The first kappa shape index (κ1) is 17.0. The van der Waals surface area contributed by atoms with Crippen molar-refractivity contribution in [3.05, 3.63) is 29.8 Å². The molecule has 24 heavy (non-hydrogen) atoms. The van der Waals surface area contributed by atoms with Gasteiger partial charge in [-0.2, -0.15) is 0 Å². The molecule has 0 spiro atoms. The SMILES string of the molecule is O=C1NCCN(CC2CCNN2)C1c1ccc(OC(F)(F)F)cc1. The number of nitrogens with one attached hydrogen (secondary N) is 3. The monoisotopic (exact) mass is 344 g/mol. The fourth-order valence-corrected chi connectivity index (χ4v) is 3.08. The summed E-state index contributed by atoms with van der Waals surface area (Å²) in [7, 11) is 0. The lowest BCUT2D eigenvalue weighted by molar-refractivity contribution is -0.274. The number of nitrogens with zero attached hydrogens (tertiary/aromatic N) is 1. The summed E-state index contributed by atoms with van der Waals surface area (Å²) in [6.45, 7) is 2.81. The number of alkyl halides is 3. The summed E-state index contributed by atoms with van der Waals surface area (Å²) in [6, 6.07) is 5.21. The highest BCUT2D eigenvalue weighted by Gasteiger charge is 2.34. The molecule has 9 heteroatoms. The number of amides is 1. The van der Waals surface area contributed by atoms with Gasteiger partial charge in [0.25, 0.3) is 0 Å². The largest absolute Gasteiger partial charge is 0.573 e. The number of carbonyl (C=O) groups excluding carboxylic acids is 1. The molecule has 0 radical (unpaired) electrons. The van der Waals surface area contributed by atoms with Crippen LogP contribution in [0.1, 0.15) is 18.0 Å². The Kier molecular flexibility index (Phi) is 4.93. The number of hydrazine groups is 1. The average Bonchev–Trinajstić information content (AvgIpc) is 3.00. The smallest absolute Gasteiger partial charge is 0.406 e. The van der Waals surface area contributed by atoms with Crippen molar-refractivity contribution in [2.24, 2.45) is 0 Å². The molecule has 132 valence electrons. The van der Waals surface area contributed by atoms with Gasteiger partial charge in [-0.05, 0) is 24.1 Å². The molecule has 3 rings (SSSR count). The number of rotatable bonds is 4. The van der Waals surface area contributed by atoms with E-state index in [0.717, 1.165) is 13.0 Å². The topological polar surface area (TPSA) is 65.6 Å². The van der Waals surface area contributed by atoms with Crippen molar-refractivity contribution in [2.75, 3.05) is 26.2 Å². The van der Waals surface area contributed by atoms with Crippen LogP contribution in [-0.4, -0.2) is 49.4 Å². The maximum atomic E-state index is 12.3. The molecule has 2 heterocycles. The molecule has 3 N–H and O–H groups in total. The lowest BCUT2D eigenvalue weighted by atomic mass is 10.0. The summed E-state index contributed by atoms with van der Waals surface area (Å²) in [5.41, 5.74) is 6.86. The molecule has 2 saturated heterocycles. The molecular formula is C15H19F3N4O2. The highest BCUT2D eigenvalue weighted by molar-refractivity contribution is 5.84. The van der Waals surface area contributed by atoms with E-state index in [-0.39, 0.29) is 17.7 Å². The first-order valence-corrected chi connectivity index (χ1v) is 7.78. The number of piperazine rings is 1. The summed E-state index contributed by atoms with van der Waals surface area (Å²) >= 11 is 0. The lowest BCUT2D eigenvalue weighted by Crippen LogP contribution is -2.53. The van der Waals surface area contributed by atoms with Crippen molar-refractivity contribution in [2.45, 2.75) is 24.9 Å².